The molecule has 1 rings (SSSR count). The van der Waals surface area contributed by atoms with Gasteiger partial charge in [0.05, 0.1) is 7.11 Å². The molecule has 1 aromatic rings. The summed E-state index contributed by atoms with van der Waals surface area (Å²) in [5.74, 6) is 0.0158. The van der Waals surface area contributed by atoms with E-state index in [1.165, 1.54) is 24.2 Å². The van der Waals surface area contributed by atoms with Gasteiger partial charge in [-0.2, -0.15) is 0 Å². The SMILES string of the molecule is COSc1cccc([O-])c1.[Na+]. The van der Waals surface area contributed by atoms with Crippen LogP contribution < -0.4 is 34.7 Å². The van der Waals surface area contributed by atoms with Crippen LogP contribution in [0.4, 0.5) is 0 Å². The average Bonchev–Trinajstić information content (AvgIpc) is 1.88. The molecule has 54 valence electrons. The van der Waals surface area contributed by atoms with E-state index in [4.69, 9.17) is 4.18 Å². The molecule has 0 aliphatic carbocycles. The van der Waals surface area contributed by atoms with Crippen molar-refractivity contribution in [3.05, 3.63) is 24.3 Å². The molecule has 0 heterocycles. The Labute approximate surface area is 92.4 Å². The van der Waals surface area contributed by atoms with E-state index >= 15 is 0 Å². The minimum Gasteiger partial charge on any atom is -0.872 e. The summed E-state index contributed by atoms with van der Waals surface area (Å²) < 4.78 is 4.76. The average molecular weight is 178 g/mol. The third kappa shape index (κ3) is 4.03. The molecule has 11 heavy (non-hydrogen) atoms. The van der Waals surface area contributed by atoms with E-state index in [1.807, 2.05) is 6.07 Å². The molecule has 0 aliphatic rings. The Balaban J connectivity index is 0.000001000. The fourth-order valence-electron chi connectivity index (χ4n) is 0.622. The second-order valence-corrected chi connectivity index (χ2v) is 2.70. The monoisotopic (exact) mass is 178 g/mol. The van der Waals surface area contributed by atoms with Crippen molar-refractivity contribution in [1.82, 2.24) is 0 Å². The zero-order chi connectivity index (χ0) is 7.40. The Hall–Kier alpha value is 0.330. The number of benzene rings is 1. The van der Waals surface area contributed by atoms with Crippen molar-refractivity contribution in [2.45, 2.75) is 4.90 Å². The fourth-order valence-corrected chi connectivity index (χ4v) is 1.11. The standard InChI is InChI=1S/C7H8O2S.Na/c1-9-10-7-4-2-3-6(8)5-7;/h2-5,8H,1H3;/q;+1/p-1. The molecular weight excluding hydrogens is 171 g/mol. The van der Waals surface area contributed by atoms with Gasteiger partial charge in [0.25, 0.3) is 0 Å². The van der Waals surface area contributed by atoms with Crippen LogP contribution in [0, 0.1) is 0 Å². The Morgan fingerprint density at radius 2 is 2.18 bits per heavy atom. The molecule has 4 heteroatoms. The molecule has 0 amide bonds. The summed E-state index contributed by atoms with van der Waals surface area (Å²) in [6.45, 7) is 0. The van der Waals surface area contributed by atoms with Crippen LogP contribution in [0.3, 0.4) is 0 Å². The predicted octanol–water partition coefficient (Wildman–Crippen LogP) is -1.58. The molecule has 0 fully saturated rings. The van der Waals surface area contributed by atoms with Crippen LogP contribution in [0.15, 0.2) is 29.2 Å². The van der Waals surface area contributed by atoms with E-state index in [2.05, 4.69) is 0 Å². The zero-order valence-electron chi connectivity index (χ0n) is 6.53. The first kappa shape index (κ1) is 11.3. The number of rotatable bonds is 2. The third-order valence-corrected chi connectivity index (χ3v) is 1.60. The van der Waals surface area contributed by atoms with E-state index in [-0.39, 0.29) is 35.3 Å². The van der Waals surface area contributed by atoms with Gasteiger partial charge < -0.3 is 9.29 Å². The molecule has 0 atom stereocenters. The third-order valence-electron chi connectivity index (χ3n) is 0.985. The van der Waals surface area contributed by atoms with Crippen molar-refractivity contribution in [1.29, 1.82) is 0 Å². The normalized spacial score (nSPS) is 8.82. The van der Waals surface area contributed by atoms with Crippen LogP contribution in [0.2, 0.25) is 0 Å². The molecule has 0 unspecified atom stereocenters. The van der Waals surface area contributed by atoms with E-state index in [1.54, 1.807) is 13.2 Å². The molecular formula is C7H7NaO2S. The first-order valence-electron chi connectivity index (χ1n) is 2.80. The van der Waals surface area contributed by atoms with Gasteiger partial charge in [-0.15, -0.1) is 5.75 Å². The summed E-state index contributed by atoms with van der Waals surface area (Å²) in [5.41, 5.74) is 0. The van der Waals surface area contributed by atoms with Crippen molar-refractivity contribution < 1.29 is 38.8 Å². The molecule has 0 saturated carbocycles. The van der Waals surface area contributed by atoms with E-state index in [0.717, 1.165) is 4.90 Å². The predicted molar refractivity (Wildman–Crippen MR) is 38.8 cm³/mol. The van der Waals surface area contributed by atoms with Crippen molar-refractivity contribution in [2.75, 3.05) is 7.11 Å². The van der Waals surface area contributed by atoms with Gasteiger partial charge in [-0.25, -0.2) is 0 Å². The van der Waals surface area contributed by atoms with Gasteiger partial charge in [-0.1, -0.05) is 18.2 Å². The van der Waals surface area contributed by atoms with Crippen LogP contribution in [-0.4, -0.2) is 7.11 Å². The Morgan fingerprint density at radius 1 is 1.45 bits per heavy atom. The second kappa shape index (κ2) is 5.91. The summed E-state index contributed by atoms with van der Waals surface area (Å²) in [7, 11) is 1.57. The summed E-state index contributed by atoms with van der Waals surface area (Å²) in [5, 5.41) is 10.7. The Kier molecular flexibility index (Phi) is 6.09. The summed E-state index contributed by atoms with van der Waals surface area (Å²) >= 11 is 1.19. The van der Waals surface area contributed by atoms with Crippen LogP contribution in [0.5, 0.6) is 5.75 Å². The van der Waals surface area contributed by atoms with Gasteiger partial charge in [0, 0.05) is 16.9 Å². The van der Waals surface area contributed by atoms with Crippen molar-refractivity contribution in [2.24, 2.45) is 0 Å². The molecule has 0 N–H and O–H groups in total. The zero-order valence-corrected chi connectivity index (χ0v) is 9.35. The second-order valence-electron chi connectivity index (χ2n) is 1.72. The fraction of sp³-hybridized carbons (Fsp3) is 0.143. The van der Waals surface area contributed by atoms with Gasteiger partial charge in [-0.05, 0) is 6.07 Å². The van der Waals surface area contributed by atoms with Crippen LogP contribution in [0.25, 0.3) is 0 Å². The maximum atomic E-state index is 10.7. The summed E-state index contributed by atoms with van der Waals surface area (Å²) in [6.07, 6.45) is 0. The molecule has 0 saturated heterocycles. The van der Waals surface area contributed by atoms with E-state index in [0.29, 0.717) is 0 Å². The maximum Gasteiger partial charge on any atom is 1.00 e. The van der Waals surface area contributed by atoms with Crippen LogP contribution >= 0.6 is 12.0 Å². The molecule has 0 aromatic heterocycles. The topological polar surface area (TPSA) is 32.3 Å². The maximum absolute atomic E-state index is 10.7. The number of hydrogen-bond acceptors (Lipinski definition) is 3. The molecule has 1 aromatic carbocycles. The summed E-state index contributed by atoms with van der Waals surface area (Å²) in [4.78, 5) is 0.843. The van der Waals surface area contributed by atoms with Gasteiger partial charge in [0.15, 0.2) is 0 Å². The van der Waals surface area contributed by atoms with Gasteiger partial charge in [0.1, 0.15) is 0 Å². The van der Waals surface area contributed by atoms with Gasteiger partial charge >= 0.3 is 29.6 Å². The first-order chi connectivity index (χ1) is 4.83. The minimum absolute atomic E-state index is 0. The first-order valence-corrected chi connectivity index (χ1v) is 3.55. The van der Waals surface area contributed by atoms with Crippen molar-refractivity contribution in [3.63, 3.8) is 0 Å². The summed E-state index contributed by atoms with van der Waals surface area (Å²) in [6, 6.07) is 6.59. The van der Waals surface area contributed by atoms with Crippen molar-refractivity contribution >= 4 is 12.0 Å². The number of hydrogen-bond donors (Lipinski definition) is 0. The smallest absolute Gasteiger partial charge is 0.872 e. The Bertz CT molecular complexity index is 217. The van der Waals surface area contributed by atoms with E-state index in [9.17, 15) is 5.11 Å². The van der Waals surface area contributed by atoms with Gasteiger partial charge in [-0.3, -0.25) is 0 Å². The molecule has 0 aliphatic heterocycles. The van der Waals surface area contributed by atoms with Crippen LogP contribution in [-0.2, 0) is 4.18 Å². The molecule has 0 radical (unpaired) electrons. The quantitative estimate of drug-likeness (QED) is 0.404. The largest absolute Gasteiger partial charge is 1.00 e. The van der Waals surface area contributed by atoms with E-state index < -0.39 is 0 Å². The Morgan fingerprint density at radius 3 is 2.73 bits per heavy atom. The van der Waals surface area contributed by atoms with Crippen LogP contribution in [0.1, 0.15) is 0 Å². The molecule has 0 spiro atoms. The minimum atomic E-state index is 0. The molecule has 2 nitrogen and oxygen atoms in total. The van der Waals surface area contributed by atoms with Crippen molar-refractivity contribution in [3.8, 4) is 5.75 Å². The molecule has 0 bridgehead atoms. The van der Waals surface area contributed by atoms with Gasteiger partial charge in [0.2, 0.25) is 0 Å².